The average molecular weight is 422 g/mol. The fourth-order valence-electron chi connectivity index (χ4n) is 3.63. The van der Waals surface area contributed by atoms with Gasteiger partial charge < -0.3 is 14.8 Å². The Balaban J connectivity index is 1.65. The Kier molecular flexibility index (Phi) is 5.57. The summed E-state index contributed by atoms with van der Waals surface area (Å²) in [4.78, 5) is 37.8. The summed E-state index contributed by atoms with van der Waals surface area (Å²) in [5, 5.41) is 8.35. The molecule has 4 rings (SSSR count). The molecule has 9 heteroatoms. The number of hydrogen-bond donors (Lipinski definition) is 1. The van der Waals surface area contributed by atoms with Gasteiger partial charge in [0.05, 0.1) is 32.5 Å². The van der Waals surface area contributed by atoms with Gasteiger partial charge in [-0.3, -0.25) is 14.5 Å². The Morgan fingerprint density at radius 2 is 1.84 bits per heavy atom. The number of ether oxygens (including phenoxy) is 2. The molecular weight excluding hydrogens is 400 g/mol. The van der Waals surface area contributed by atoms with Crippen molar-refractivity contribution in [2.45, 2.75) is 12.5 Å². The maximum atomic E-state index is 13.1. The minimum absolute atomic E-state index is 0.105. The monoisotopic (exact) mass is 422 g/mol. The molecule has 2 aliphatic heterocycles. The predicted molar refractivity (Wildman–Crippen MR) is 112 cm³/mol. The van der Waals surface area contributed by atoms with Crippen LogP contribution < -0.4 is 14.8 Å². The normalized spacial score (nSPS) is 18.1. The van der Waals surface area contributed by atoms with E-state index >= 15 is 0 Å². The molecule has 2 aromatic carbocycles. The number of rotatable bonds is 6. The van der Waals surface area contributed by atoms with Crippen LogP contribution in [0.15, 0.2) is 53.6 Å². The SMILES string of the molecule is COc1ccc(C2CC(c3cccc(OC)c3)=NN2C(=O)CN2C(=O)CNC2=O)cc1. The summed E-state index contributed by atoms with van der Waals surface area (Å²) in [7, 11) is 3.17. The van der Waals surface area contributed by atoms with Crippen molar-refractivity contribution in [3.8, 4) is 11.5 Å². The second-order valence-electron chi connectivity index (χ2n) is 7.15. The molecule has 1 N–H and O–H groups in total. The van der Waals surface area contributed by atoms with E-state index in [-0.39, 0.29) is 19.1 Å². The van der Waals surface area contributed by atoms with E-state index in [2.05, 4.69) is 10.4 Å². The first kappa shape index (κ1) is 20.4. The molecule has 0 spiro atoms. The Bertz CT molecular complexity index is 1030. The van der Waals surface area contributed by atoms with Crippen LogP contribution >= 0.6 is 0 Å². The van der Waals surface area contributed by atoms with E-state index in [4.69, 9.17) is 9.47 Å². The van der Waals surface area contributed by atoms with Gasteiger partial charge in [0.2, 0.25) is 0 Å². The number of imide groups is 1. The fraction of sp³-hybridized carbons (Fsp3) is 0.273. The second-order valence-corrected chi connectivity index (χ2v) is 7.15. The summed E-state index contributed by atoms with van der Waals surface area (Å²) in [6, 6.07) is 13.9. The molecule has 1 saturated heterocycles. The molecule has 0 aliphatic carbocycles. The van der Waals surface area contributed by atoms with E-state index in [1.54, 1.807) is 14.2 Å². The quantitative estimate of drug-likeness (QED) is 0.717. The molecule has 9 nitrogen and oxygen atoms in total. The number of nitrogens with one attached hydrogen (secondary N) is 1. The molecule has 2 aliphatic rings. The molecule has 0 radical (unpaired) electrons. The number of carbonyl (C=O) groups is 3. The molecule has 1 fully saturated rings. The van der Waals surface area contributed by atoms with Crippen molar-refractivity contribution in [1.29, 1.82) is 0 Å². The fourth-order valence-corrected chi connectivity index (χ4v) is 3.63. The zero-order valence-corrected chi connectivity index (χ0v) is 17.2. The molecular formula is C22H22N4O5. The Morgan fingerprint density at radius 3 is 2.48 bits per heavy atom. The van der Waals surface area contributed by atoms with Crippen molar-refractivity contribution < 1.29 is 23.9 Å². The van der Waals surface area contributed by atoms with Crippen LogP contribution in [0.5, 0.6) is 11.5 Å². The molecule has 1 atom stereocenters. The van der Waals surface area contributed by atoms with Crippen LogP contribution in [0, 0.1) is 0 Å². The third kappa shape index (κ3) is 4.07. The summed E-state index contributed by atoms with van der Waals surface area (Å²) >= 11 is 0. The molecule has 2 aromatic rings. The molecule has 160 valence electrons. The smallest absolute Gasteiger partial charge is 0.325 e. The van der Waals surface area contributed by atoms with Crippen molar-refractivity contribution in [2.75, 3.05) is 27.3 Å². The van der Waals surface area contributed by atoms with Gasteiger partial charge in [-0.25, -0.2) is 9.80 Å². The topological polar surface area (TPSA) is 101 Å². The third-order valence-electron chi connectivity index (χ3n) is 5.30. The van der Waals surface area contributed by atoms with Gasteiger partial charge in [-0.1, -0.05) is 24.3 Å². The highest BCUT2D eigenvalue weighted by Gasteiger charge is 2.37. The number of methoxy groups -OCH3 is 2. The summed E-state index contributed by atoms with van der Waals surface area (Å²) in [6.07, 6.45) is 0.478. The lowest BCUT2D eigenvalue weighted by molar-refractivity contribution is -0.137. The lowest BCUT2D eigenvalue weighted by Gasteiger charge is -2.23. The maximum Gasteiger partial charge on any atom is 0.325 e. The van der Waals surface area contributed by atoms with Crippen molar-refractivity contribution in [3.63, 3.8) is 0 Å². The summed E-state index contributed by atoms with van der Waals surface area (Å²) in [6.45, 7) is -0.474. The van der Waals surface area contributed by atoms with E-state index in [1.165, 1.54) is 5.01 Å². The Labute approximate surface area is 179 Å². The first-order chi connectivity index (χ1) is 15.0. The van der Waals surface area contributed by atoms with E-state index in [0.29, 0.717) is 23.6 Å². The lowest BCUT2D eigenvalue weighted by atomic mass is 9.98. The molecule has 0 aromatic heterocycles. The number of carbonyl (C=O) groups excluding carboxylic acids is 3. The Morgan fingerprint density at radius 1 is 1.10 bits per heavy atom. The number of urea groups is 1. The lowest BCUT2D eigenvalue weighted by Crippen LogP contribution is -2.41. The molecule has 0 bridgehead atoms. The van der Waals surface area contributed by atoms with Crippen molar-refractivity contribution in [1.82, 2.24) is 15.2 Å². The van der Waals surface area contributed by atoms with E-state index in [1.807, 2.05) is 48.5 Å². The number of hydrazone groups is 1. The van der Waals surface area contributed by atoms with E-state index in [9.17, 15) is 14.4 Å². The van der Waals surface area contributed by atoms with Crippen LogP contribution in [0.3, 0.4) is 0 Å². The van der Waals surface area contributed by atoms with Gasteiger partial charge in [0, 0.05) is 12.0 Å². The summed E-state index contributed by atoms with van der Waals surface area (Å²) in [5.41, 5.74) is 2.42. The van der Waals surface area contributed by atoms with Gasteiger partial charge in [-0.05, 0) is 29.8 Å². The zero-order chi connectivity index (χ0) is 22.0. The second kappa shape index (κ2) is 8.47. The first-order valence-corrected chi connectivity index (χ1v) is 9.76. The summed E-state index contributed by atoms with van der Waals surface area (Å²) < 4.78 is 10.5. The Hall–Kier alpha value is -3.88. The minimum Gasteiger partial charge on any atom is -0.497 e. The van der Waals surface area contributed by atoms with E-state index in [0.717, 1.165) is 16.0 Å². The molecule has 1 unspecified atom stereocenters. The van der Waals surface area contributed by atoms with Gasteiger partial charge >= 0.3 is 6.03 Å². The van der Waals surface area contributed by atoms with Crippen LogP contribution in [0.25, 0.3) is 0 Å². The summed E-state index contributed by atoms with van der Waals surface area (Å²) in [5.74, 6) is 0.512. The van der Waals surface area contributed by atoms with Gasteiger partial charge in [0.25, 0.3) is 11.8 Å². The number of amides is 4. The van der Waals surface area contributed by atoms with Crippen LogP contribution in [-0.4, -0.2) is 60.8 Å². The van der Waals surface area contributed by atoms with Gasteiger partial charge in [0.15, 0.2) is 0 Å². The van der Waals surface area contributed by atoms with Crippen LogP contribution in [0.2, 0.25) is 0 Å². The molecule has 2 heterocycles. The number of nitrogens with zero attached hydrogens (tertiary/aromatic N) is 3. The van der Waals surface area contributed by atoms with Gasteiger partial charge in [-0.2, -0.15) is 5.10 Å². The number of benzene rings is 2. The van der Waals surface area contributed by atoms with Crippen molar-refractivity contribution in [3.05, 3.63) is 59.7 Å². The highest BCUT2D eigenvalue weighted by atomic mass is 16.5. The van der Waals surface area contributed by atoms with E-state index < -0.39 is 17.8 Å². The number of hydrogen-bond acceptors (Lipinski definition) is 6. The standard InChI is InChI=1S/C22H22N4O5/c1-30-16-8-6-14(7-9-16)19-11-18(15-4-3-5-17(10-15)31-2)24-26(19)21(28)13-25-20(27)12-23-22(25)29/h3-10,19H,11-13H2,1-2H3,(H,23,29). The zero-order valence-electron chi connectivity index (χ0n) is 17.2. The molecule has 4 amide bonds. The average Bonchev–Trinajstić information content (AvgIpc) is 3.38. The third-order valence-corrected chi connectivity index (χ3v) is 5.30. The van der Waals surface area contributed by atoms with Gasteiger partial charge in [-0.15, -0.1) is 0 Å². The largest absolute Gasteiger partial charge is 0.497 e. The maximum absolute atomic E-state index is 13.1. The molecule has 31 heavy (non-hydrogen) atoms. The van der Waals surface area contributed by atoms with Crippen LogP contribution in [0.4, 0.5) is 4.79 Å². The predicted octanol–water partition coefficient (Wildman–Crippen LogP) is 1.93. The van der Waals surface area contributed by atoms with Crippen molar-refractivity contribution >= 4 is 23.6 Å². The highest BCUT2D eigenvalue weighted by molar-refractivity contribution is 6.06. The van der Waals surface area contributed by atoms with Gasteiger partial charge in [0.1, 0.15) is 18.0 Å². The van der Waals surface area contributed by atoms with Crippen LogP contribution in [0.1, 0.15) is 23.6 Å². The van der Waals surface area contributed by atoms with Crippen molar-refractivity contribution in [2.24, 2.45) is 5.10 Å². The first-order valence-electron chi connectivity index (χ1n) is 9.76. The molecule has 0 saturated carbocycles. The highest BCUT2D eigenvalue weighted by Crippen LogP contribution is 2.34. The van der Waals surface area contributed by atoms with Crippen LogP contribution in [-0.2, 0) is 9.59 Å². The minimum atomic E-state index is -0.574.